The van der Waals surface area contributed by atoms with Crippen molar-refractivity contribution in [2.45, 2.75) is 38.5 Å². The summed E-state index contributed by atoms with van der Waals surface area (Å²) in [7, 11) is 0. The summed E-state index contributed by atoms with van der Waals surface area (Å²) >= 11 is 0. The van der Waals surface area contributed by atoms with E-state index in [1.807, 2.05) is 0 Å². The predicted octanol–water partition coefficient (Wildman–Crippen LogP) is 15.9. The minimum absolute atomic E-state index is 0.0908. The Hall–Kier alpha value is -6.76. The van der Waals surface area contributed by atoms with Gasteiger partial charge in [0.05, 0.1) is 0 Å². The smallest absolute Gasteiger partial charge is 0.0159 e. The van der Waals surface area contributed by atoms with Gasteiger partial charge in [-0.25, -0.2) is 0 Å². The van der Waals surface area contributed by atoms with Gasteiger partial charge in [-0.3, -0.25) is 0 Å². The maximum Gasteiger partial charge on any atom is 0.0159 e. The number of hydrogen-bond donors (Lipinski definition) is 0. The van der Waals surface area contributed by atoms with Gasteiger partial charge in [-0.15, -0.1) is 0 Å². The van der Waals surface area contributed by atoms with Gasteiger partial charge in [0, 0.05) is 10.8 Å². The summed E-state index contributed by atoms with van der Waals surface area (Å²) in [6.45, 7) is 9.55. The fraction of sp³-hybridized carbons (Fsp3) is 0.103. The van der Waals surface area contributed by atoms with Crippen molar-refractivity contribution in [1.82, 2.24) is 0 Å². The molecule has 0 aliphatic heterocycles. The molecule has 12 rings (SSSR count). The van der Waals surface area contributed by atoms with Gasteiger partial charge in [-0.2, -0.15) is 0 Å². The highest BCUT2D eigenvalue weighted by Crippen LogP contribution is 2.54. The second-order valence-corrected chi connectivity index (χ2v) is 17.6. The molecule has 0 bridgehead atoms. The molecule has 0 radical (unpaired) electrons. The molecular weight excluding hydrogens is 697 g/mol. The SMILES string of the molecule is CC1(C)c2ccccc2-c2ccc(-c3c4ccccc4c(-c4ccc5c(c4)C(C)(C)c4ccccc4-5)c4c3ccc3c5ccc(-c6ccccc6)cc5ccc34)cc21. The highest BCUT2D eigenvalue weighted by Gasteiger charge is 2.37. The van der Waals surface area contributed by atoms with Gasteiger partial charge < -0.3 is 0 Å². The number of fused-ring (bicyclic) bond motifs is 12. The van der Waals surface area contributed by atoms with E-state index in [9.17, 15) is 0 Å². The van der Waals surface area contributed by atoms with Crippen LogP contribution in [-0.4, -0.2) is 0 Å². The molecule has 0 amide bonds. The van der Waals surface area contributed by atoms with Gasteiger partial charge in [0.1, 0.15) is 0 Å². The van der Waals surface area contributed by atoms with Gasteiger partial charge in [0.25, 0.3) is 0 Å². The van der Waals surface area contributed by atoms with Crippen molar-refractivity contribution >= 4 is 43.1 Å². The van der Waals surface area contributed by atoms with Gasteiger partial charge >= 0.3 is 0 Å². The molecule has 0 unspecified atom stereocenters. The van der Waals surface area contributed by atoms with E-state index in [0.717, 1.165) is 0 Å². The maximum absolute atomic E-state index is 2.51. The van der Waals surface area contributed by atoms with Crippen molar-refractivity contribution in [2.75, 3.05) is 0 Å². The van der Waals surface area contributed by atoms with E-state index in [1.54, 1.807) is 0 Å². The van der Waals surface area contributed by atoms with Crippen molar-refractivity contribution in [3.05, 3.63) is 204 Å². The summed E-state index contributed by atoms with van der Waals surface area (Å²) in [5.74, 6) is 0. The average Bonchev–Trinajstić information content (AvgIpc) is 3.64. The summed E-state index contributed by atoms with van der Waals surface area (Å²) in [6.07, 6.45) is 0. The monoisotopic (exact) mass is 738 g/mol. The van der Waals surface area contributed by atoms with Crippen molar-refractivity contribution in [2.24, 2.45) is 0 Å². The normalized spacial score (nSPS) is 14.5. The third-order valence-electron chi connectivity index (χ3n) is 13.9. The summed E-state index contributed by atoms with van der Waals surface area (Å²) in [4.78, 5) is 0. The van der Waals surface area contributed by atoms with E-state index >= 15 is 0 Å². The zero-order chi connectivity index (χ0) is 38.9. The van der Waals surface area contributed by atoms with Crippen molar-refractivity contribution in [3.8, 4) is 55.6 Å². The molecule has 0 nitrogen and oxygen atoms in total. The molecule has 10 aromatic carbocycles. The average molecular weight is 739 g/mol. The topological polar surface area (TPSA) is 0 Å². The lowest BCUT2D eigenvalue weighted by Gasteiger charge is -2.24. The van der Waals surface area contributed by atoms with Crippen molar-refractivity contribution in [1.29, 1.82) is 0 Å². The van der Waals surface area contributed by atoms with E-state index in [-0.39, 0.29) is 10.8 Å². The maximum atomic E-state index is 2.51. The molecule has 10 aromatic rings. The number of benzene rings is 10. The number of hydrogen-bond acceptors (Lipinski definition) is 0. The molecular formula is C58H42. The van der Waals surface area contributed by atoms with Crippen LogP contribution in [0.5, 0.6) is 0 Å². The van der Waals surface area contributed by atoms with Crippen LogP contribution in [0.25, 0.3) is 98.7 Å². The quantitative estimate of drug-likeness (QED) is 0.125. The lowest BCUT2D eigenvalue weighted by molar-refractivity contribution is 0.660. The second-order valence-electron chi connectivity index (χ2n) is 17.6. The van der Waals surface area contributed by atoms with Gasteiger partial charge in [0.2, 0.25) is 0 Å². The molecule has 0 fully saturated rings. The first-order valence-electron chi connectivity index (χ1n) is 20.7. The zero-order valence-corrected chi connectivity index (χ0v) is 33.3. The van der Waals surface area contributed by atoms with Crippen LogP contribution >= 0.6 is 0 Å². The van der Waals surface area contributed by atoms with Crippen molar-refractivity contribution in [3.63, 3.8) is 0 Å². The summed E-state index contributed by atoms with van der Waals surface area (Å²) in [5, 5.41) is 10.3. The van der Waals surface area contributed by atoms with Crippen LogP contribution in [0.3, 0.4) is 0 Å². The van der Waals surface area contributed by atoms with E-state index in [0.29, 0.717) is 0 Å². The van der Waals surface area contributed by atoms with Crippen LogP contribution in [-0.2, 0) is 10.8 Å². The van der Waals surface area contributed by atoms with Gasteiger partial charge in [-0.1, -0.05) is 191 Å². The molecule has 0 N–H and O–H groups in total. The van der Waals surface area contributed by atoms with Crippen LogP contribution in [0.1, 0.15) is 49.9 Å². The van der Waals surface area contributed by atoms with E-state index in [1.165, 1.54) is 121 Å². The molecule has 0 saturated carbocycles. The van der Waals surface area contributed by atoms with Crippen molar-refractivity contribution < 1.29 is 0 Å². The molecule has 0 heterocycles. The highest BCUT2D eigenvalue weighted by molar-refractivity contribution is 6.30. The first kappa shape index (κ1) is 33.4. The summed E-state index contributed by atoms with van der Waals surface area (Å²) in [6, 6.07) is 68.9. The zero-order valence-electron chi connectivity index (χ0n) is 33.3. The van der Waals surface area contributed by atoms with E-state index in [4.69, 9.17) is 0 Å². The van der Waals surface area contributed by atoms with Crippen LogP contribution in [0.2, 0.25) is 0 Å². The van der Waals surface area contributed by atoms with Crippen LogP contribution in [0.4, 0.5) is 0 Å². The largest absolute Gasteiger partial charge is 0.0622 e. The summed E-state index contributed by atoms with van der Waals surface area (Å²) in [5.41, 5.74) is 18.5. The standard InChI is InChI=1S/C58H42/c1-57(2)50-20-12-10-16-42(50)44-27-24-38(33-52(44)57)54-46-18-8-9-19-47(46)55(39-25-28-45-43-17-11-13-21-51(43)58(3,4)53(45)34-39)56-48-29-23-37-32-36(35-14-6-5-7-15-35)22-26-40(37)41(48)30-31-49(54)56/h5-34H,1-4H3. The fourth-order valence-electron chi connectivity index (χ4n) is 11.0. The Morgan fingerprint density at radius 2 is 0.759 bits per heavy atom. The predicted molar refractivity (Wildman–Crippen MR) is 248 cm³/mol. The van der Waals surface area contributed by atoms with Crippen LogP contribution in [0.15, 0.2) is 182 Å². The first-order chi connectivity index (χ1) is 28.3. The Kier molecular flexibility index (Phi) is 6.84. The van der Waals surface area contributed by atoms with Crippen LogP contribution in [0, 0.1) is 0 Å². The Labute approximate surface area is 340 Å². The Morgan fingerprint density at radius 1 is 0.276 bits per heavy atom. The highest BCUT2D eigenvalue weighted by atomic mass is 14.4. The van der Waals surface area contributed by atoms with E-state index < -0.39 is 0 Å². The molecule has 0 aromatic heterocycles. The molecule has 0 atom stereocenters. The van der Waals surface area contributed by atoms with Gasteiger partial charge in [0.15, 0.2) is 0 Å². The molecule has 58 heavy (non-hydrogen) atoms. The molecule has 0 saturated heterocycles. The third kappa shape index (κ3) is 4.52. The minimum Gasteiger partial charge on any atom is -0.0622 e. The minimum atomic E-state index is -0.100. The lowest BCUT2D eigenvalue weighted by Crippen LogP contribution is -2.15. The second kappa shape index (κ2) is 11.9. The molecule has 0 spiro atoms. The lowest BCUT2D eigenvalue weighted by atomic mass is 9.79. The third-order valence-corrected chi connectivity index (χ3v) is 13.9. The molecule has 2 aliphatic carbocycles. The Bertz CT molecular complexity index is 3380. The summed E-state index contributed by atoms with van der Waals surface area (Å²) < 4.78 is 0. The van der Waals surface area contributed by atoms with Crippen LogP contribution < -0.4 is 0 Å². The molecule has 274 valence electrons. The first-order valence-corrected chi connectivity index (χ1v) is 20.7. The molecule has 0 heteroatoms. The number of rotatable bonds is 3. The fourth-order valence-corrected chi connectivity index (χ4v) is 11.0. The molecule has 2 aliphatic rings. The van der Waals surface area contributed by atoms with E-state index in [2.05, 4.69) is 210 Å². The Morgan fingerprint density at radius 3 is 1.41 bits per heavy atom. The Balaban J connectivity index is 1.18. The van der Waals surface area contributed by atoms with Gasteiger partial charge in [-0.05, 0) is 139 Å².